The quantitative estimate of drug-likeness (QED) is 0.489. The van der Waals surface area contributed by atoms with E-state index in [1.165, 1.54) is 6.08 Å². The summed E-state index contributed by atoms with van der Waals surface area (Å²) in [5.74, 6) is -0.310. The van der Waals surface area contributed by atoms with E-state index >= 15 is 0 Å². The van der Waals surface area contributed by atoms with Crippen molar-refractivity contribution in [3.8, 4) is 0 Å². The summed E-state index contributed by atoms with van der Waals surface area (Å²) in [5, 5.41) is 4.52. The Bertz CT molecular complexity index is 490. The Kier molecular flexibility index (Phi) is 6.54. The van der Waals surface area contributed by atoms with Gasteiger partial charge in [-0.2, -0.15) is 0 Å². The van der Waals surface area contributed by atoms with Crippen molar-refractivity contribution in [2.75, 3.05) is 0 Å². The standard InChI is InChI=1S/C15H19Cl3N2O/c1-14(2,3)20-13(15(16,17)18)19-12(21)10-9-11-7-5-4-6-8-11/h4-10,13,20H,1-3H3,(H,19,21)/p+1/b10-9+/t13-/m1/s1. The summed E-state index contributed by atoms with van der Waals surface area (Å²) >= 11 is 17.8. The summed E-state index contributed by atoms with van der Waals surface area (Å²) in [4.78, 5) is 12.0. The first-order valence-corrected chi connectivity index (χ1v) is 7.68. The normalized spacial score (nSPS) is 14.2. The molecule has 0 fully saturated rings. The van der Waals surface area contributed by atoms with Crippen LogP contribution in [0.4, 0.5) is 0 Å². The molecule has 1 rings (SSSR count). The molecule has 0 saturated carbocycles. The van der Waals surface area contributed by atoms with E-state index < -0.39 is 9.96 Å². The van der Waals surface area contributed by atoms with Gasteiger partial charge in [0.1, 0.15) is 0 Å². The maximum absolute atomic E-state index is 12.0. The highest BCUT2D eigenvalue weighted by molar-refractivity contribution is 6.68. The van der Waals surface area contributed by atoms with Crippen LogP contribution in [0.15, 0.2) is 36.4 Å². The predicted octanol–water partition coefficient (Wildman–Crippen LogP) is 2.87. The van der Waals surface area contributed by atoms with E-state index in [9.17, 15) is 4.79 Å². The minimum atomic E-state index is -1.59. The number of alkyl halides is 3. The second-order valence-electron chi connectivity index (χ2n) is 5.80. The van der Waals surface area contributed by atoms with Gasteiger partial charge in [0.2, 0.25) is 12.1 Å². The van der Waals surface area contributed by atoms with Crippen LogP contribution in [-0.4, -0.2) is 21.4 Å². The van der Waals surface area contributed by atoms with Gasteiger partial charge in [0.25, 0.3) is 3.79 Å². The Hall–Kier alpha value is -0.740. The monoisotopic (exact) mass is 349 g/mol. The van der Waals surface area contributed by atoms with E-state index in [2.05, 4.69) is 5.32 Å². The Labute approximate surface area is 140 Å². The number of carbonyl (C=O) groups excluding carboxylic acids is 1. The average Bonchev–Trinajstić information content (AvgIpc) is 2.34. The summed E-state index contributed by atoms with van der Waals surface area (Å²) in [6.07, 6.45) is 2.47. The van der Waals surface area contributed by atoms with Crippen molar-refractivity contribution in [3.05, 3.63) is 42.0 Å². The molecule has 0 spiro atoms. The van der Waals surface area contributed by atoms with E-state index in [0.717, 1.165) is 5.56 Å². The number of nitrogens with two attached hydrogens (primary N) is 1. The van der Waals surface area contributed by atoms with Crippen molar-refractivity contribution < 1.29 is 10.1 Å². The molecule has 116 valence electrons. The zero-order chi connectivity index (χ0) is 16.1. The van der Waals surface area contributed by atoms with Crippen molar-refractivity contribution >= 4 is 46.8 Å². The molecular formula is C15H20Cl3N2O+. The Morgan fingerprint density at radius 1 is 1.19 bits per heavy atom. The maximum Gasteiger partial charge on any atom is 0.262 e. The lowest BCUT2D eigenvalue weighted by molar-refractivity contribution is -0.749. The van der Waals surface area contributed by atoms with Crippen molar-refractivity contribution in [1.29, 1.82) is 0 Å². The highest BCUT2D eigenvalue weighted by atomic mass is 35.6. The molecule has 1 aromatic rings. The van der Waals surface area contributed by atoms with E-state index in [-0.39, 0.29) is 11.4 Å². The molecule has 1 atom stereocenters. The van der Waals surface area contributed by atoms with E-state index in [1.807, 2.05) is 56.4 Å². The fourth-order valence-corrected chi connectivity index (χ4v) is 2.01. The maximum atomic E-state index is 12.0. The van der Waals surface area contributed by atoms with Crippen molar-refractivity contribution in [2.24, 2.45) is 0 Å². The molecule has 3 N–H and O–H groups in total. The van der Waals surface area contributed by atoms with E-state index in [0.29, 0.717) is 0 Å². The molecule has 0 unspecified atom stereocenters. The highest BCUT2D eigenvalue weighted by Gasteiger charge is 2.39. The van der Waals surface area contributed by atoms with Gasteiger partial charge in [-0.05, 0) is 32.4 Å². The van der Waals surface area contributed by atoms with E-state index in [1.54, 1.807) is 6.08 Å². The van der Waals surface area contributed by atoms with Crippen LogP contribution in [0.25, 0.3) is 6.08 Å². The van der Waals surface area contributed by atoms with Gasteiger partial charge in [-0.15, -0.1) is 0 Å². The molecule has 0 aromatic heterocycles. The predicted molar refractivity (Wildman–Crippen MR) is 89.4 cm³/mol. The lowest BCUT2D eigenvalue weighted by Crippen LogP contribution is -3.03. The summed E-state index contributed by atoms with van der Waals surface area (Å²) in [6, 6.07) is 9.51. The molecule has 6 heteroatoms. The Morgan fingerprint density at radius 3 is 2.24 bits per heavy atom. The molecular weight excluding hydrogens is 331 g/mol. The highest BCUT2D eigenvalue weighted by Crippen LogP contribution is 2.27. The SMILES string of the molecule is CC(C)(C)[NH2+][C@@H](NC(=O)/C=C/c1ccccc1)C(Cl)(Cl)Cl. The smallest absolute Gasteiger partial charge is 0.262 e. The van der Waals surface area contributed by atoms with Crippen LogP contribution in [0.1, 0.15) is 26.3 Å². The van der Waals surface area contributed by atoms with Gasteiger partial charge in [0.15, 0.2) is 0 Å². The third-order valence-electron chi connectivity index (χ3n) is 2.54. The van der Waals surface area contributed by atoms with E-state index in [4.69, 9.17) is 34.8 Å². The zero-order valence-electron chi connectivity index (χ0n) is 12.2. The van der Waals surface area contributed by atoms with Gasteiger partial charge < -0.3 is 5.32 Å². The third kappa shape index (κ3) is 7.72. The molecule has 0 radical (unpaired) electrons. The number of quaternary nitrogens is 1. The fourth-order valence-electron chi connectivity index (χ4n) is 1.66. The van der Waals surface area contributed by atoms with Gasteiger partial charge >= 0.3 is 0 Å². The van der Waals surface area contributed by atoms with Gasteiger partial charge in [-0.3, -0.25) is 10.1 Å². The number of carbonyl (C=O) groups is 1. The van der Waals surface area contributed by atoms with Gasteiger partial charge in [0, 0.05) is 6.08 Å². The second-order valence-corrected chi connectivity index (χ2v) is 8.17. The minimum absolute atomic E-state index is 0.189. The van der Waals surface area contributed by atoms with Gasteiger partial charge in [0.05, 0.1) is 5.54 Å². The summed E-state index contributed by atoms with van der Waals surface area (Å²) in [6.45, 7) is 5.92. The number of hydrogen-bond acceptors (Lipinski definition) is 1. The summed E-state index contributed by atoms with van der Waals surface area (Å²) < 4.78 is -1.59. The van der Waals surface area contributed by atoms with Crippen LogP contribution in [0, 0.1) is 0 Å². The zero-order valence-corrected chi connectivity index (χ0v) is 14.5. The minimum Gasteiger partial charge on any atom is -0.319 e. The van der Waals surface area contributed by atoms with Crippen LogP contribution in [0.2, 0.25) is 0 Å². The Morgan fingerprint density at radius 2 is 1.76 bits per heavy atom. The summed E-state index contributed by atoms with van der Waals surface area (Å²) in [5.41, 5.74) is 0.739. The molecule has 0 saturated heterocycles. The molecule has 0 aliphatic rings. The molecule has 1 amide bonds. The van der Waals surface area contributed by atoms with Crippen molar-refractivity contribution in [2.45, 2.75) is 36.3 Å². The molecule has 0 heterocycles. The lowest BCUT2D eigenvalue weighted by Gasteiger charge is -2.29. The first-order valence-electron chi connectivity index (χ1n) is 6.54. The van der Waals surface area contributed by atoms with Gasteiger partial charge in [-0.25, -0.2) is 0 Å². The first kappa shape index (κ1) is 18.3. The number of rotatable bonds is 4. The molecule has 3 nitrogen and oxygen atoms in total. The molecule has 21 heavy (non-hydrogen) atoms. The van der Waals surface area contributed by atoms with Crippen LogP contribution in [0.5, 0.6) is 0 Å². The number of hydrogen-bond donors (Lipinski definition) is 2. The fraction of sp³-hybridized carbons (Fsp3) is 0.400. The molecule has 0 aliphatic carbocycles. The van der Waals surface area contributed by atoms with Crippen molar-refractivity contribution in [1.82, 2.24) is 5.32 Å². The topological polar surface area (TPSA) is 45.7 Å². The van der Waals surface area contributed by atoms with Crippen LogP contribution < -0.4 is 10.6 Å². The number of nitrogens with one attached hydrogen (secondary N) is 1. The average molecular weight is 351 g/mol. The lowest BCUT2D eigenvalue weighted by atomic mass is 10.1. The summed E-state index contributed by atoms with van der Waals surface area (Å²) in [7, 11) is 0. The first-order chi connectivity index (χ1) is 9.58. The van der Waals surface area contributed by atoms with Crippen LogP contribution in [0.3, 0.4) is 0 Å². The largest absolute Gasteiger partial charge is 0.319 e. The Balaban J connectivity index is 2.71. The van der Waals surface area contributed by atoms with Gasteiger partial charge in [-0.1, -0.05) is 65.1 Å². The third-order valence-corrected chi connectivity index (χ3v) is 3.25. The molecule has 0 bridgehead atoms. The van der Waals surface area contributed by atoms with Crippen molar-refractivity contribution in [3.63, 3.8) is 0 Å². The number of amides is 1. The molecule has 1 aromatic carbocycles. The van der Waals surface area contributed by atoms with Crippen LogP contribution in [-0.2, 0) is 4.79 Å². The molecule has 0 aliphatic heterocycles. The number of halogens is 3. The second kappa shape index (κ2) is 7.50. The number of benzene rings is 1. The van der Waals surface area contributed by atoms with Crippen LogP contribution >= 0.6 is 34.8 Å².